The summed E-state index contributed by atoms with van der Waals surface area (Å²) in [7, 11) is 0. The Kier molecular flexibility index (Phi) is 5.84. The van der Waals surface area contributed by atoms with Crippen molar-refractivity contribution in [1.82, 2.24) is 5.32 Å². The number of rotatable bonds is 6. The molecule has 0 unspecified atom stereocenters. The van der Waals surface area contributed by atoms with Crippen molar-refractivity contribution in [3.05, 3.63) is 59.7 Å². The fraction of sp³-hybridized carbons (Fsp3) is 0.176. The monoisotopic (exact) mass is 350 g/mol. The molecule has 0 fully saturated rings. The third-order valence-corrected chi connectivity index (χ3v) is 3.04. The van der Waals surface area contributed by atoms with Crippen LogP contribution in [-0.4, -0.2) is 18.9 Å². The van der Waals surface area contributed by atoms with Gasteiger partial charge in [-0.2, -0.15) is 5.26 Å². The number of nitriles is 1. The van der Waals surface area contributed by atoms with Gasteiger partial charge < -0.3 is 14.8 Å². The Bertz CT molecular complexity index is 785. The molecule has 0 saturated carbocycles. The number of benzene rings is 2. The lowest BCUT2D eigenvalue weighted by molar-refractivity contribution is -0.274. The van der Waals surface area contributed by atoms with Gasteiger partial charge in [0.15, 0.2) is 6.61 Å². The molecule has 0 atom stereocenters. The third-order valence-electron chi connectivity index (χ3n) is 3.04. The lowest BCUT2D eigenvalue weighted by Gasteiger charge is -2.14. The Labute approximate surface area is 141 Å². The van der Waals surface area contributed by atoms with Crippen molar-refractivity contribution in [1.29, 1.82) is 5.26 Å². The first-order valence-electron chi connectivity index (χ1n) is 7.11. The Morgan fingerprint density at radius 3 is 2.40 bits per heavy atom. The van der Waals surface area contributed by atoms with Crippen molar-refractivity contribution in [2.24, 2.45) is 0 Å². The van der Waals surface area contributed by atoms with Gasteiger partial charge in [-0.05, 0) is 18.2 Å². The van der Waals surface area contributed by atoms with Crippen LogP contribution in [0.1, 0.15) is 11.1 Å². The van der Waals surface area contributed by atoms with Gasteiger partial charge in [0.25, 0.3) is 5.91 Å². The van der Waals surface area contributed by atoms with Crippen molar-refractivity contribution in [2.45, 2.75) is 12.9 Å². The molecule has 0 spiro atoms. The number of alkyl halides is 3. The summed E-state index contributed by atoms with van der Waals surface area (Å²) in [6.45, 7) is -0.532. The van der Waals surface area contributed by atoms with Crippen molar-refractivity contribution < 1.29 is 27.4 Å². The van der Waals surface area contributed by atoms with Crippen molar-refractivity contribution in [3.8, 4) is 17.6 Å². The molecule has 1 N–H and O–H groups in total. The van der Waals surface area contributed by atoms with Gasteiger partial charge in [-0.25, -0.2) is 0 Å². The molecule has 1 amide bonds. The van der Waals surface area contributed by atoms with Crippen LogP contribution in [0.3, 0.4) is 0 Å². The second-order valence-electron chi connectivity index (χ2n) is 4.83. The first kappa shape index (κ1) is 18.1. The van der Waals surface area contributed by atoms with Crippen LogP contribution in [0, 0.1) is 11.3 Å². The Hall–Kier alpha value is -3.21. The van der Waals surface area contributed by atoms with Crippen LogP contribution in [0.15, 0.2) is 48.5 Å². The highest BCUT2D eigenvalue weighted by molar-refractivity contribution is 5.77. The summed E-state index contributed by atoms with van der Waals surface area (Å²) >= 11 is 0. The number of halogens is 3. The van der Waals surface area contributed by atoms with Crippen LogP contribution < -0.4 is 14.8 Å². The quantitative estimate of drug-likeness (QED) is 0.869. The van der Waals surface area contributed by atoms with Crippen LogP contribution in [-0.2, 0) is 11.3 Å². The smallest absolute Gasteiger partial charge is 0.482 e. The van der Waals surface area contributed by atoms with Crippen LogP contribution in [0.2, 0.25) is 0 Å². The molecule has 130 valence electrons. The highest BCUT2D eigenvalue weighted by Gasteiger charge is 2.31. The van der Waals surface area contributed by atoms with E-state index in [1.165, 1.54) is 30.3 Å². The van der Waals surface area contributed by atoms with E-state index in [1.54, 1.807) is 12.1 Å². The topological polar surface area (TPSA) is 71.3 Å². The average Bonchev–Trinajstić information content (AvgIpc) is 2.58. The number of carbonyl (C=O) groups excluding carboxylic acids is 1. The minimum absolute atomic E-state index is 0.158. The number of nitrogens with zero attached hydrogens (tertiary/aromatic N) is 1. The van der Waals surface area contributed by atoms with E-state index in [4.69, 9.17) is 10.00 Å². The maximum Gasteiger partial charge on any atom is 0.573 e. The Balaban J connectivity index is 1.91. The highest BCUT2D eigenvalue weighted by atomic mass is 19.4. The van der Waals surface area contributed by atoms with E-state index in [9.17, 15) is 18.0 Å². The molecule has 0 aliphatic heterocycles. The molecule has 5 nitrogen and oxygen atoms in total. The van der Waals surface area contributed by atoms with E-state index in [-0.39, 0.29) is 35.8 Å². The summed E-state index contributed by atoms with van der Waals surface area (Å²) in [6, 6.07) is 13.8. The van der Waals surface area contributed by atoms with E-state index in [2.05, 4.69) is 10.1 Å². The number of amides is 1. The molecule has 0 aliphatic carbocycles. The van der Waals surface area contributed by atoms with Crippen molar-refractivity contribution >= 4 is 5.91 Å². The molecule has 2 rings (SSSR count). The maximum atomic E-state index is 12.3. The standard InChI is InChI=1S/C17H13F3N2O3/c18-17(19,20)25-15-8-4-2-6-13(15)10-22-16(23)11-24-14-7-3-1-5-12(14)9-21/h1-8H,10-11H2,(H,22,23). The van der Waals surface area contributed by atoms with Gasteiger partial charge in [-0.3, -0.25) is 4.79 Å². The SMILES string of the molecule is N#Cc1ccccc1OCC(=O)NCc1ccccc1OC(F)(F)F. The van der Waals surface area contributed by atoms with Gasteiger partial charge in [0.05, 0.1) is 5.56 Å². The summed E-state index contributed by atoms with van der Waals surface area (Å²) in [5.74, 6) is -0.679. The van der Waals surface area contributed by atoms with Gasteiger partial charge in [0.1, 0.15) is 17.6 Å². The molecule has 0 aliphatic rings. The van der Waals surface area contributed by atoms with Crippen LogP contribution in [0.25, 0.3) is 0 Å². The Morgan fingerprint density at radius 1 is 1.08 bits per heavy atom. The molecule has 2 aromatic rings. The number of nitrogens with one attached hydrogen (secondary N) is 1. The average molecular weight is 350 g/mol. The second kappa shape index (κ2) is 8.06. The minimum Gasteiger partial charge on any atom is -0.482 e. The predicted molar refractivity (Wildman–Crippen MR) is 81.6 cm³/mol. The summed E-state index contributed by atoms with van der Waals surface area (Å²) < 4.78 is 46.2. The fourth-order valence-corrected chi connectivity index (χ4v) is 1.95. The number of para-hydroxylation sites is 2. The second-order valence-corrected chi connectivity index (χ2v) is 4.83. The molecule has 2 aromatic carbocycles. The molecule has 25 heavy (non-hydrogen) atoms. The van der Waals surface area contributed by atoms with Crippen molar-refractivity contribution in [2.75, 3.05) is 6.61 Å². The first-order valence-corrected chi connectivity index (χ1v) is 7.11. The van der Waals surface area contributed by atoms with Gasteiger partial charge in [-0.1, -0.05) is 30.3 Å². The summed E-state index contributed by atoms with van der Waals surface area (Å²) in [4.78, 5) is 11.8. The van der Waals surface area contributed by atoms with E-state index < -0.39 is 12.3 Å². The highest BCUT2D eigenvalue weighted by Crippen LogP contribution is 2.26. The summed E-state index contributed by atoms with van der Waals surface area (Å²) in [5, 5.41) is 11.4. The van der Waals surface area contributed by atoms with Crippen LogP contribution in [0.5, 0.6) is 11.5 Å². The zero-order valence-corrected chi connectivity index (χ0v) is 12.8. The van der Waals surface area contributed by atoms with Gasteiger partial charge in [-0.15, -0.1) is 13.2 Å². The lowest BCUT2D eigenvalue weighted by Crippen LogP contribution is -2.29. The lowest BCUT2D eigenvalue weighted by atomic mass is 10.2. The maximum absolute atomic E-state index is 12.3. The predicted octanol–water partition coefficient (Wildman–Crippen LogP) is 3.15. The summed E-state index contributed by atoms with van der Waals surface area (Å²) in [5.41, 5.74) is 0.449. The largest absolute Gasteiger partial charge is 0.573 e. The molecule has 0 radical (unpaired) electrons. The zero-order valence-electron chi connectivity index (χ0n) is 12.8. The van der Waals surface area contributed by atoms with E-state index >= 15 is 0 Å². The minimum atomic E-state index is -4.82. The number of hydrogen-bond donors (Lipinski definition) is 1. The molecule has 0 bridgehead atoms. The third kappa shape index (κ3) is 5.73. The molecule has 0 saturated heterocycles. The van der Waals surface area contributed by atoms with Crippen molar-refractivity contribution in [3.63, 3.8) is 0 Å². The van der Waals surface area contributed by atoms with Crippen LogP contribution >= 0.6 is 0 Å². The number of carbonyl (C=O) groups is 1. The number of hydrogen-bond acceptors (Lipinski definition) is 4. The van der Waals surface area contributed by atoms with Gasteiger partial charge >= 0.3 is 6.36 Å². The van der Waals surface area contributed by atoms with Crippen LogP contribution in [0.4, 0.5) is 13.2 Å². The molecular weight excluding hydrogens is 337 g/mol. The molecule has 0 heterocycles. The normalized spacial score (nSPS) is 10.6. The fourth-order valence-electron chi connectivity index (χ4n) is 1.95. The van der Waals surface area contributed by atoms with E-state index in [1.807, 2.05) is 6.07 Å². The molecule has 8 heteroatoms. The molecular formula is C17H13F3N2O3. The first-order chi connectivity index (χ1) is 11.9. The zero-order chi connectivity index (χ0) is 18.3. The van der Waals surface area contributed by atoms with Gasteiger partial charge in [0.2, 0.25) is 0 Å². The number of ether oxygens (including phenoxy) is 2. The van der Waals surface area contributed by atoms with E-state index in [0.29, 0.717) is 0 Å². The molecule has 0 aromatic heterocycles. The van der Waals surface area contributed by atoms with Gasteiger partial charge in [0, 0.05) is 12.1 Å². The Morgan fingerprint density at radius 2 is 1.72 bits per heavy atom. The summed E-state index contributed by atoms with van der Waals surface area (Å²) in [6.07, 6.45) is -4.82. The van der Waals surface area contributed by atoms with E-state index in [0.717, 1.165) is 6.07 Å².